The molecule has 26 heavy (non-hydrogen) atoms. The normalized spacial score (nSPS) is 14.8. The lowest BCUT2D eigenvalue weighted by molar-refractivity contribution is 0.101. The van der Waals surface area contributed by atoms with Crippen molar-refractivity contribution in [3.05, 3.63) is 59.7 Å². The van der Waals surface area contributed by atoms with Crippen LogP contribution < -0.4 is 10.1 Å². The molecule has 0 unspecified atom stereocenters. The summed E-state index contributed by atoms with van der Waals surface area (Å²) in [5.74, 6) is 0.807. The minimum atomic E-state index is -0.0712. The van der Waals surface area contributed by atoms with E-state index in [0.29, 0.717) is 18.7 Å². The van der Waals surface area contributed by atoms with Crippen LogP contribution in [0.1, 0.15) is 35.7 Å². The molecule has 5 heteroatoms. The highest BCUT2D eigenvalue weighted by Crippen LogP contribution is 2.20. The van der Waals surface area contributed by atoms with Crippen LogP contribution in [0.25, 0.3) is 0 Å². The summed E-state index contributed by atoms with van der Waals surface area (Å²) in [5.41, 5.74) is 2.65. The number of rotatable bonds is 4. The number of benzene rings is 2. The van der Waals surface area contributed by atoms with E-state index < -0.39 is 0 Å². The van der Waals surface area contributed by atoms with Crippen LogP contribution in [-0.2, 0) is 0 Å². The Hall–Kier alpha value is -2.82. The Morgan fingerprint density at radius 1 is 1.00 bits per heavy atom. The topological polar surface area (TPSA) is 58.6 Å². The predicted octanol–water partition coefficient (Wildman–Crippen LogP) is 4.27. The largest absolute Gasteiger partial charge is 0.490 e. The Bertz CT molecular complexity index is 761. The van der Waals surface area contributed by atoms with E-state index in [4.69, 9.17) is 4.74 Å². The molecule has 2 aromatic rings. The molecular weight excluding hydrogens is 328 g/mol. The summed E-state index contributed by atoms with van der Waals surface area (Å²) >= 11 is 0. The monoisotopic (exact) mass is 352 g/mol. The van der Waals surface area contributed by atoms with Crippen molar-refractivity contribution in [1.82, 2.24) is 4.90 Å². The summed E-state index contributed by atoms with van der Waals surface area (Å²) in [6, 6.07) is 14.9. The number of ketones is 1. The molecule has 2 aromatic carbocycles. The molecule has 0 atom stereocenters. The molecule has 0 radical (unpaired) electrons. The molecule has 1 fully saturated rings. The maximum Gasteiger partial charge on any atom is 0.321 e. The highest BCUT2D eigenvalue weighted by molar-refractivity contribution is 5.94. The van der Waals surface area contributed by atoms with Gasteiger partial charge in [0.25, 0.3) is 0 Å². The summed E-state index contributed by atoms with van der Waals surface area (Å²) < 4.78 is 5.98. The molecule has 0 saturated carbocycles. The molecule has 1 N–H and O–H groups in total. The van der Waals surface area contributed by atoms with Gasteiger partial charge in [0.15, 0.2) is 5.78 Å². The molecule has 1 aliphatic heterocycles. The van der Waals surface area contributed by atoms with Gasteiger partial charge in [0.1, 0.15) is 11.9 Å². The van der Waals surface area contributed by atoms with Gasteiger partial charge in [-0.3, -0.25) is 4.79 Å². The number of piperidine rings is 1. The van der Waals surface area contributed by atoms with Gasteiger partial charge in [-0.2, -0.15) is 0 Å². The van der Waals surface area contributed by atoms with Crippen LogP contribution in [0, 0.1) is 6.92 Å². The molecule has 0 aromatic heterocycles. The lowest BCUT2D eigenvalue weighted by atomic mass is 10.1. The number of nitrogens with zero attached hydrogens (tertiary/aromatic N) is 1. The van der Waals surface area contributed by atoms with Gasteiger partial charge in [0.2, 0.25) is 0 Å². The van der Waals surface area contributed by atoms with Gasteiger partial charge in [-0.1, -0.05) is 17.7 Å². The number of likely N-dealkylation sites (tertiary alicyclic amines) is 1. The number of amides is 2. The molecule has 1 heterocycles. The number of aryl methyl sites for hydroxylation is 1. The molecule has 1 saturated heterocycles. The highest BCUT2D eigenvalue weighted by Gasteiger charge is 2.24. The van der Waals surface area contributed by atoms with E-state index in [1.165, 1.54) is 0 Å². The molecular formula is C21H24N2O3. The highest BCUT2D eigenvalue weighted by atomic mass is 16.5. The van der Waals surface area contributed by atoms with Crippen LogP contribution in [0.3, 0.4) is 0 Å². The first-order chi connectivity index (χ1) is 12.5. The van der Waals surface area contributed by atoms with Crippen LogP contribution in [-0.4, -0.2) is 35.9 Å². The van der Waals surface area contributed by atoms with Gasteiger partial charge in [-0.15, -0.1) is 0 Å². The fraction of sp³-hybridized carbons (Fsp3) is 0.333. The van der Waals surface area contributed by atoms with E-state index in [-0.39, 0.29) is 17.9 Å². The lowest BCUT2D eigenvalue weighted by Gasteiger charge is -2.32. The third kappa shape index (κ3) is 4.63. The van der Waals surface area contributed by atoms with Crippen molar-refractivity contribution in [3.8, 4) is 5.75 Å². The van der Waals surface area contributed by atoms with Crippen molar-refractivity contribution in [1.29, 1.82) is 0 Å². The average molecular weight is 352 g/mol. The SMILES string of the molecule is CC(=O)c1ccc(OC2CCN(C(=O)Nc3ccc(C)cc3)CC2)cc1. The molecule has 0 aliphatic carbocycles. The molecule has 136 valence electrons. The first kappa shape index (κ1) is 18.0. The number of carbonyl (C=O) groups excluding carboxylic acids is 2. The summed E-state index contributed by atoms with van der Waals surface area (Å²) in [6.07, 6.45) is 1.66. The fourth-order valence-corrected chi connectivity index (χ4v) is 2.98. The Balaban J connectivity index is 1.48. The van der Waals surface area contributed by atoms with Gasteiger partial charge >= 0.3 is 6.03 Å². The van der Waals surface area contributed by atoms with Crippen LogP contribution in [0.4, 0.5) is 10.5 Å². The smallest absolute Gasteiger partial charge is 0.321 e. The van der Waals surface area contributed by atoms with Gasteiger partial charge < -0.3 is 15.0 Å². The summed E-state index contributed by atoms with van der Waals surface area (Å²) in [7, 11) is 0. The van der Waals surface area contributed by atoms with E-state index in [2.05, 4.69) is 5.32 Å². The van der Waals surface area contributed by atoms with Crippen LogP contribution in [0.2, 0.25) is 0 Å². The molecule has 2 amide bonds. The van der Waals surface area contributed by atoms with E-state index in [1.807, 2.05) is 48.2 Å². The van der Waals surface area contributed by atoms with Crippen molar-refractivity contribution in [2.75, 3.05) is 18.4 Å². The van der Waals surface area contributed by atoms with Crippen molar-refractivity contribution >= 4 is 17.5 Å². The van der Waals surface area contributed by atoms with Crippen molar-refractivity contribution in [3.63, 3.8) is 0 Å². The van der Waals surface area contributed by atoms with Gasteiger partial charge in [0, 0.05) is 37.2 Å². The number of hydrogen-bond acceptors (Lipinski definition) is 3. The van der Waals surface area contributed by atoms with Gasteiger partial charge in [0.05, 0.1) is 0 Å². The van der Waals surface area contributed by atoms with Crippen LogP contribution in [0.15, 0.2) is 48.5 Å². The third-order valence-corrected chi connectivity index (χ3v) is 4.60. The maximum absolute atomic E-state index is 12.4. The predicted molar refractivity (Wildman–Crippen MR) is 102 cm³/mol. The lowest BCUT2D eigenvalue weighted by Crippen LogP contribution is -2.43. The van der Waals surface area contributed by atoms with E-state index in [9.17, 15) is 9.59 Å². The number of ether oxygens (including phenoxy) is 1. The van der Waals surface area contributed by atoms with E-state index in [0.717, 1.165) is 29.8 Å². The van der Waals surface area contributed by atoms with Crippen LogP contribution in [0.5, 0.6) is 5.75 Å². The molecule has 3 rings (SSSR count). The van der Waals surface area contributed by atoms with Crippen molar-refractivity contribution in [2.45, 2.75) is 32.8 Å². The van der Waals surface area contributed by atoms with Crippen molar-refractivity contribution < 1.29 is 14.3 Å². The van der Waals surface area contributed by atoms with E-state index >= 15 is 0 Å². The number of carbonyl (C=O) groups is 2. The first-order valence-electron chi connectivity index (χ1n) is 8.91. The standard InChI is InChI=1S/C21H24N2O3/c1-15-3-7-18(8-4-15)22-21(25)23-13-11-20(12-14-23)26-19-9-5-17(6-10-19)16(2)24/h3-10,20H,11-14H2,1-2H3,(H,22,25). The Morgan fingerprint density at radius 3 is 2.19 bits per heavy atom. The second kappa shape index (κ2) is 8.04. The fourth-order valence-electron chi connectivity index (χ4n) is 2.98. The Morgan fingerprint density at radius 2 is 1.62 bits per heavy atom. The number of hydrogen-bond donors (Lipinski definition) is 1. The number of urea groups is 1. The maximum atomic E-state index is 12.4. The zero-order valence-electron chi connectivity index (χ0n) is 15.2. The first-order valence-corrected chi connectivity index (χ1v) is 8.91. The Labute approximate surface area is 154 Å². The zero-order valence-corrected chi connectivity index (χ0v) is 15.2. The molecule has 5 nitrogen and oxygen atoms in total. The number of Topliss-reactive ketones (excluding diaryl/α,β-unsaturated/α-hetero) is 1. The molecule has 0 spiro atoms. The van der Waals surface area contributed by atoms with Gasteiger partial charge in [-0.05, 0) is 50.2 Å². The molecule has 0 bridgehead atoms. The Kier molecular flexibility index (Phi) is 5.56. The van der Waals surface area contributed by atoms with E-state index in [1.54, 1.807) is 19.1 Å². The minimum Gasteiger partial charge on any atom is -0.490 e. The van der Waals surface area contributed by atoms with Gasteiger partial charge in [-0.25, -0.2) is 4.79 Å². The second-order valence-electron chi connectivity index (χ2n) is 6.68. The number of anilines is 1. The molecule has 1 aliphatic rings. The summed E-state index contributed by atoms with van der Waals surface area (Å²) in [6.45, 7) is 4.89. The summed E-state index contributed by atoms with van der Waals surface area (Å²) in [5, 5.41) is 2.93. The second-order valence-corrected chi connectivity index (χ2v) is 6.68. The average Bonchev–Trinajstić information content (AvgIpc) is 2.64. The quantitative estimate of drug-likeness (QED) is 0.836. The van der Waals surface area contributed by atoms with Crippen LogP contribution >= 0.6 is 0 Å². The van der Waals surface area contributed by atoms with Crippen molar-refractivity contribution in [2.24, 2.45) is 0 Å². The zero-order chi connectivity index (χ0) is 18.5. The summed E-state index contributed by atoms with van der Waals surface area (Å²) in [4.78, 5) is 25.5. The minimum absolute atomic E-state index is 0.0458. The third-order valence-electron chi connectivity index (χ3n) is 4.60. The number of nitrogens with one attached hydrogen (secondary N) is 1.